The van der Waals surface area contributed by atoms with E-state index in [-0.39, 0.29) is 30.8 Å². The van der Waals surface area contributed by atoms with Crippen molar-refractivity contribution >= 4 is 11.6 Å². The second kappa shape index (κ2) is 6.54. The van der Waals surface area contributed by atoms with E-state index in [0.29, 0.717) is 11.6 Å². The van der Waals surface area contributed by atoms with E-state index in [1.54, 1.807) is 36.3 Å². The van der Waals surface area contributed by atoms with Crippen LogP contribution in [0, 0.1) is 5.92 Å². The summed E-state index contributed by atoms with van der Waals surface area (Å²) in [7, 11) is 1.78. The molecule has 0 aliphatic heterocycles. The van der Waals surface area contributed by atoms with Crippen LogP contribution in [0.4, 0.5) is 0 Å². The van der Waals surface area contributed by atoms with Crippen LogP contribution in [0.2, 0.25) is 0 Å². The van der Waals surface area contributed by atoms with Gasteiger partial charge in [0.2, 0.25) is 5.91 Å². The number of fused-ring (bicyclic) bond motifs is 1. The minimum absolute atomic E-state index is 0.0447. The smallest absolute Gasteiger partial charge is 0.350 e. The van der Waals surface area contributed by atoms with Gasteiger partial charge in [0.05, 0.1) is 0 Å². The summed E-state index contributed by atoms with van der Waals surface area (Å²) >= 11 is 0. The minimum atomic E-state index is -0.300. The summed E-state index contributed by atoms with van der Waals surface area (Å²) in [5.74, 6) is 0.249. The molecule has 2 heterocycles. The van der Waals surface area contributed by atoms with Gasteiger partial charge in [-0.2, -0.15) is 0 Å². The van der Waals surface area contributed by atoms with Crippen molar-refractivity contribution in [2.75, 3.05) is 13.7 Å². The molecule has 0 saturated heterocycles. The van der Waals surface area contributed by atoms with E-state index >= 15 is 0 Å². The lowest BCUT2D eigenvalue weighted by molar-refractivity contribution is -0.133. The lowest BCUT2D eigenvalue weighted by Crippen LogP contribution is -2.42. The van der Waals surface area contributed by atoms with Gasteiger partial charge in [0.1, 0.15) is 6.54 Å². The summed E-state index contributed by atoms with van der Waals surface area (Å²) < 4.78 is 2.65. The first-order valence-corrected chi connectivity index (χ1v) is 8.01. The molecule has 1 aliphatic carbocycles. The molecule has 1 fully saturated rings. The van der Waals surface area contributed by atoms with E-state index in [2.05, 4.69) is 5.10 Å². The zero-order chi connectivity index (χ0) is 16.4. The summed E-state index contributed by atoms with van der Waals surface area (Å²) in [6.07, 6.45) is 5.31. The summed E-state index contributed by atoms with van der Waals surface area (Å²) in [5, 5.41) is 13.4. The highest BCUT2D eigenvalue weighted by atomic mass is 16.3. The van der Waals surface area contributed by atoms with Crippen LogP contribution in [-0.2, 0) is 11.3 Å². The first kappa shape index (κ1) is 15.7. The highest BCUT2D eigenvalue weighted by Crippen LogP contribution is 2.26. The van der Waals surface area contributed by atoms with Gasteiger partial charge in [-0.25, -0.2) is 9.48 Å². The van der Waals surface area contributed by atoms with E-state index in [1.807, 2.05) is 0 Å². The lowest BCUT2D eigenvalue weighted by Gasteiger charge is -2.34. The van der Waals surface area contributed by atoms with Gasteiger partial charge >= 0.3 is 5.69 Å². The van der Waals surface area contributed by atoms with Gasteiger partial charge in [-0.15, -0.1) is 5.10 Å². The molecule has 0 spiro atoms. The van der Waals surface area contributed by atoms with Crippen LogP contribution < -0.4 is 5.69 Å². The third-order valence-corrected chi connectivity index (χ3v) is 4.79. The van der Waals surface area contributed by atoms with E-state index in [9.17, 15) is 14.7 Å². The largest absolute Gasteiger partial charge is 0.396 e. The average Bonchev–Trinajstić information content (AvgIpc) is 2.90. The number of aliphatic hydroxyl groups excluding tert-OH is 1. The molecule has 7 heteroatoms. The molecule has 0 atom stereocenters. The summed E-state index contributed by atoms with van der Waals surface area (Å²) in [6.45, 7) is 0.179. The molecule has 0 unspecified atom stereocenters. The highest BCUT2D eigenvalue weighted by Gasteiger charge is 2.26. The van der Waals surface area contributed by atoms with Gasteiger partial charge in [-0.1, -0.05) is 6.07 Å². The van der Waals surface area contributed by atoms with Crippen molar-refractivity contribution in [2.45, 2.75) is 38.3 Å². The van der Waals surface area contributed by atoms with Gasteiger partial charge in [0.15, 0.2) is 5.65 Å². The van der Waals surface area contributed by atoms with Gasteiger partial charge in [-0.3, -0.25) is 9.20 Å². The quantitative estimate of drug-likeness (QED) is 0.890. The van der Waals surface area contributed by atoms with Crippen LogP contribution in [0.1, 0.15) is 25.7 Å². The molecule has 1 amide bonds. The second-order valence-electron chi connectivity index (χ2n) is 6.23. The molecule has 0 aromatic carbocycles. The minimum Gasteiger partial charge on any atom is -0.396 e. The number of hydrogen-bond donors (Lipinski definition) is 1. The van der Waals surface area contributed by atoms with Crippen molar-refractivity contribution in [3.63, 3.8) is 0 Å². The van der Waals surface area contributed by atoms with Crippen molar-refractivity contribution in [1.29, 1.82) is 0 Å². The Hall–Kier alpha value is -2.15. The molecular weight excluding hydrogens is 296 g/mol. The molecule has 7 nitrogen and oxygen atoms in total. The van der Waals surface area contributed by atoms with Gasteiger partial charge < -0.3 is 10.0 Å². The van der Waals surface area contributed by atoms with Crippen LogP contribution in [0.15, 0.2) is 29.2 Å². The molecule has 3 rings (SSSR count). The van der Waals surface area contributed by atoms with E-state index < -0.39 is 0 Å². The number of pyridine rings is 1. The fourth-order valence-electron chi connectivity index (χ4n) is 3.23. The summed E-state index contributed by atoms with van der Waals surface area (Å²) in [6, 6.07) is 5.48. The number of aliphatic hydroxyl groups is 1. The molecule has 2 aromatic rings. The Balaban J connectivity index is 1.68. The topological polar surface area (TPSA) is 79.8 Å². The van der Waals surface area contributed by atoms with E-state index in [0.717, 1.165) is 25.7 Å². The second-order valence-corrected chi connectivity index (χ2v) is 6.23. The predicted octanol–water partition coefficient (Wildman–Crippen LogP) is 0.505. The highest BCUT2D eigenvalue weighted by molar-refractivity contribution is 5.76. The maximum atomic E-state index is 12.5. The molecule has 1 aliphatic rings. The normalized spacial score (nSPS) is 21.5. The van der Waals surface area contributed by atoms with Crippen LogP contribution in [0.25, 0.3) is 5.65 Å². The third-order valence-electron chi connectivity index (χ3n) is 4.79. The SMILES string of the molecule is CN(C(=O)Cn1nc2ccccn2c1=O)C1CCC(CO)CC1. The van der Waals surface area contributed by atoms with Crippen molar-refractivity contribution < 1.29 is 9.90 Å². The molecule has 2 aromatic heterocycles. The first-order chi connectivity index (χ1) is 11.1. The zero-order valence-electron chi connectivity index (χ0n) is 13.3. The number of likely N-dealkylation sites (N-methyl/N-ethyl adjacent to an activating group) is 1. The van der Waals surface area contributed by atoms with E-state index in [1.165, 1.54) is 9.08 Å². The number of carbonyl (C=O) groups is 1. The van der Waals surface area contributed by atoms with Gasteiger partial charge in [0, 0.05) is 25.9 Å². The summed E-state index contributed by atoms with van der Waals surface area (Å²) in [4.78, 5) is 26.4. The van der Waals surface area contributed by atoms with Crippen LogP contribution in [-0.4, -0.2) is 49.8 Å². The average molecular weight is 318 g/mol. The Kier molecular flexibility index (Phi) is 4.47. The maximum absolute atomic E-state index is 12.5. The Morgan fingerprint density at radius 3 is 2.74 bits per heavy atom. The molecule has 1 saturated carbocycles. The number of carbonyl (C=O) groups excluding carboxylic acids is 1. The third kappa shape index (κ3) is 3.14. The van der Waals surface area contributed by atoms with Crippen molar-refractivity contribution in [1.82, 2.24) is 19.1 Å². The lowest BCUT2D eigenvalue weighted by atomic mass is 9.86. The number of rotatable bonds is 4. The number of amides is 1. The molecule has 1 N–H and O–H groups in total. The monoisotopic (exact) mass is 318 g/mol. The standard InChI is InChI=1S/C16H22N4O3/c1-18(13-7-5-12(11-21)6-8-13)15(22)10-20-16(23)19-9-3-2-4-14(19)17-20/h2-4,9,12-13,21H,5-8,10-11H2,1H3. The molecule has 124 valence electrons. The Morgan fingerprint density at radius 1 is 1.35 bits per heavy atom. The Morgan fingerprint density at radius 2 is 2.09 bits per heavy atom. The van der Waals surface area contributed by atoms with E-state index in [4.69, 9.17) is 0 Å². The Bertz CT molecular complexity index is 743. The first-order valence-electron chi connectivity index (χ1n) is 8.01. The fourth-order valence-corrected chi connectivity index (χ4v) is 3.23. The Labute approximate surface area is 134 Å². The van der Waals surface area contributed by atoms with Gasteiger partial charge in [0.25, 0.3) is 0 Å². The molecular formula is C16H22N4O3. The maximum Gasteiger partial charge on any atom is 0.350 e. The molecule has 0 radical (unpaired) electrons. The number of aromatic nitrogens is 3. The fraction of sp³-hybridized carbons (Fsp3) is 0.562. The van der Waals surface area contributed by atoms with Crippen molar-refractivity contribution in [3.8, 4) is 0 Å². The number of hydrogen-bond acceptors (Lipinski definition) is 4. The van der Waals surface area contributed by atoms with Crippen molar-refractivity contribution in [2.24, 2.45) is 5.92 Å². The van der Waals surface area contributed by atoms with Crippen LogP contribution in [0.3, 0.4) is 0 Å². The predicted molar refractivity (Wildman–Crippen MR) is 85.1 cm³/mol. The zero-order valence-corrected chi connectivity index (χ0v) is 13.3. The molecule has 23 heavy (non-hydrogen) atoms. The van der Waals surface area contributed by atoms with Gasteiger partial charge in [-0.05, 0) is 43.7 Å². The van der Waals surface area contributed by atoms with Crippen LogP contribution in [0.5, 0.6) is 0 Å². The van der Waals surface area contributed by atoms with Crippen LogP contribution >= 0.6 is 0 Å². The molecule has 0 bridgehead atoms. The number of nitrogens with zero attached hydrogens (tertiary/aromatic N) is 4. The van der Waals surface area contributed by atoms with Crippen molar-refractivity contribution in [3.05, 3.63) is 34.9 Å². The summed E-state index contributed by atoms with van der Waals surface area (Å²) in [5.41, 5.74) is 0.239.